The first-order valence-electron chi connectivity index (χ1n) is 5.93. The zero-order valence-electron chi connectivity index (χ0n) is 9.63. The second-order valence-corrected chi connectivity index (χ2v) is 4.55. The summed E-state index contributed by atoms with van der Waals surface area (Å²) < 4.78 is 25.9. The molecule has 0 amide bonds. The maximum atomic E-state index is 12.9. The minimum Gasteiger partial charge on any atom is -0.327 e. The van der Waals surface area contributed by atoms with Gasteiger partial charge < -0.3 is 11.1 Å². The van der Waals surface area contributed by atoms with Crippen molar-refractivity contribution >= 4 is 0 Å². The highest BCUT2D eigenvalue weighted by Crippen LogP contribution is 2.18. The predicted molar refractivity (Wildman–Crippen MR) is 63.4 cm³/mol. The summed E-state index contributed by atoms with van der Waals surface area (Å²) in [4.78, 5) is 0. The van der Waals surface area contributed by atoms with Gasteiger partial charge in [-0.3, -0.25) is 0 Å². The van der Waals surface area contributed by atoms with Crippen molar-refractivity contribution in [3.8, 4) is 0 Å². The summed E-state index contributed by atoms with van der Waals surface area (Å²) in [5.74, 6) is -1.14. The Morgan fingerprint density at radius 1 is 1.29 bits per heavy atom. The van der Waals surface area contributed by atoms with E-state index in [4.69, 9.17) is 5.73 Å². The van der Waals surface area contributed by atoms with E-state index in [-0.39, 0.29) is 6.04 Å². The third kappa shape index (κ3) is 4.40. The van der Waals surface area contributed by atoms with Gasteiger partial charge in [-0.2, -0.15) is 0 Å². The van der Waals surface area contributed by atoms with Crippen LogP contribution in [0.15, 0.2) is 18.2 Å². The minimum atomic E-state index is -0.570. The molecule has 1 saturated carbocycles. The fourth-order valence-electron chi connectivity index (χ4n) is 1.74. The normalized spacial score (nSPS) is 17.1. The molecular weight excluding hydrogens is 222 g/mol. The Bertz CT molecular complexity index is 357. The monoisotopic (exact) mass is 239 g/mol. The van der Waals surface area contributed by atoms with E-state index in [9.17, 15) is 8.78 Å². The van der Waals surface area contributed by atoms with Gasteiger partial charge in [0.05, 0.1) is 0 Å². The lowest BCUT2D eigenvalue weighted by molar-refractivity contribution is 0.577. The maximum Gasteiger partial charge on any atom is 0.126 e. The number of hydrogen-bond donors (Lipinski definition) is 2. The van der Waals surface area contributed by atoms with Crippen LogP contribution in [-0.2, 0) is 0 Å². The second kappa shape index (κ2) is 5.56. The average Bonchev–Trinajstić information content (AvgIpc) is 2.99. The fourth-order valence-corrected chi connectivity index (χ4v) is 1.74. The molecule has 2 rings (SSSR count). The number of benzene rings is 1. The molecule has 0 heterocycles. The van der Waals surface area contributed by atoms with Crippen LogP contribution < -0.4 is 11.1 Å². The van der Waals surface area contributed by atoms with Crippen LogP contribution in [-0.4, -0.2) is 18.6 Å². The van der Waals surface area contributed by atoms with Crippen LogP contribution in [0.25, 0.3) is 0 Å². The smallest absolute Gasteiger partial charge is 0.126 e. The van der Waals surface area contributed by atoms with Crippen LogP contribution in [0.5, 0.6) is 0 Å². The Morgan fingerprint density at radius 2 is 1.94 bits per heavy atom. The molecule has 0 saturated heterocycles. The van der Waals surface area contributed by atoms with Crippen molar-refractivity contribution in [1.82, 2.24) is 5.32 Å². The van der Waals surface area contributed by atoms with Crippen LogP contribution in [0, 0.1) is 18.1 Å². The highest BCUT2D eigenvalue weighted by molar-refractivity contribution is 5.26. The van der Waals surface area contributed by atoms with Crippen molar-refractivity contribution in [2.75, 3.05) is 6.54 Å². The molecule has 1 radical (unpaired) electrons. The SMILES string of the molecule is N[C@@H]([CH]c1cc(F)cc(F)c1)CCNC1CC1. The van der Waals surface area contributed by atoms with Crippen LogP contribution in [0.1, 0.15) is 24.8 Å². The number of halogens is 2. The standard InChI is InChI=1S/C13H17F2N2/c14-10-5-9(6-11(15)8-10)7-12(16)3-4-17-13-1-2-13/h5-8,12-13,17H,1-4,16H2/t12-/m1/s1. The Morgan fingerprint density at radius 3 is 2.53 bits per heavy atom. The van der Waals surface area contributed by atoms with E-state index in [0.717, 1.165) is 19.0 Å². The lowest BCUT2D eigenvalue weighted by Crippen LogP contribution is -2.28. The first kappa shape index (κ1) is 12.5. The third-order valence-corrected chi connectivity index (χ3v) is 2.78. The first-order valence-corrected chi connectivity index (χ1v) is 5.93. The molecule has 0 aliphatic heterocycles. The van der Waals surface area contributed by atoms with Gasteiger partial charge in [0, 0.05) is 24.6 Å². The van der Waals surface area contributed by atoms with Gasteiger partial charge in [0.1, 0.15) is 11.6 Å². The van der Waals surface area contributed by atoms with Gasteiger partial charge in [-0.15, -0.1) is 0 Å². The summed E-state index contributed by atoms with van der Waals surface area (Å²) in [6, 6.07) is 3.92. The molecule has 1 aliphatic rings. The van der Waals surface area contributed by atoms with Crippen LogP contribution >= 0.6 is 0 Å². The zero-order chi connectivity index (χ0) is 12.3. The van der Waals surface area contributed by atoms with Crippen LogP contribution in [0.3, 0.4) is 0 Å². The number of nitrogens with one attached hydrogen (secondary N) is 1. The molecule has 0 bridgehead atoms. The molecule has 1 atom stereocenters. The van der Waals surface area contributed by atoms with Gasteiger partial charge in [0.25, 0.3) is 0 Å². The summed E-state index contributed by atoms with van der Waals surface area (Å²) in [5, 5.41) is 3.35. The molecule has 1 aromatic rings. The lowest BCUT2D eigenvalue weighted by Gasteiger charge is -2.11. The van der Waals surface area contributed by atoms with E-state index in [0.29, 0.717) is 11.6 Å². The lowest BCUT2D eigenvalue weighted by atomic mass is 10.0. The highest BCUT2D eigenvalue weighted by atomic mass is 19.1. The summed E-state index contributed by atoms with van der Waals surface area (Å²) in [7, 11) is 0. The van der Waals surface area contributed by atoms with Crippen LogP contribution in [0.4, 0.5) is 8.78 Å². The molecule has 2 nitrogen and oxygen atoms in total. The number of rotatable bonds is 6. The second-order valence-electron chi connectivity index (χ2n) is 4.55. The third-order valence-electron chi connectivity index (χ3n) is 2.78. The largest absolute Gasteiger partial charge is 0.327 e. The molecule has 1 fully saturated rings. The molecule has 17 heavy (non-hydrogen) atoms. The van der Waals surface area contributed by atoms with Crippen molar-refractivity contribution in [1.29, 1.82) is 0 Å². The summed E-state index contributed by atoms with van der Waals surface area (Å²) in [5.41, 5.74) is 6.37. The van der Waals surface area contributed by atoms with E-state index in [1.807, 2.05) is 0 Å². The number of hydrogen-bond acceptors (Lipinski definition) is 2. The molecule has 0 spiro atoms. The summed E-state index contributed by atoms with van der Waals surface area (Å²) >= 11 is 0. The van der Waals surface area contributed by atoms with E-state index < -0.39 is 11.6 Å². The van der Waals surface area contributed by atoms with E-state index >= 15 is 0 Å². The Balaban J connectivity index is 1.77. The minimum absolute atomic E-state index is 0.178. The molecular formula is C13H17F2N2. The van der Waals surface area contributed by atoms with Crippen molar-refractivity contribution in [3.05, 3.63) is 41.8 Å². The summed E-state index contributed by atoms with van der Waals surface area (Å²) in [6.45, 7) is 0.847. The summed E-state index contributed by atoms with van der Waals surface area (Å²) in [6.07, 6.45) is 4.96. The highest BCUT2D eigenvalue weighted by Gasteiger charge is 2.20. The fraction of sp³-hybridized carbons (Fsp3) is 0.462. The molecule has 3 N–H and O–H groups in total. The molecule has 1 aliphatic carbocycles. The van der Waals surface area contributed by atoms with Gasteiger partial charge in [-0.25, -0.2) is 8.78 Å². The molecule has 0 aromatic heterocycles. The van der Waals surface area contributed by atoms with Gasteiger partial charge in [0.15, 0.2) is 0 Å². The van der Waals surface area contributed by atoms with Crippen molar-refractivity contribution in [2.45, 2.75) is 31.3 Å². The molecule has 1 aromatic carbocycles. The number of nitrogens with two attached hydrogens (primary N) is 1. The van der Waals surface area contributed by atoms with E-state index in [1.54, 1.807) is 6.42 Å². The average molecular weight is 239 g/mol. The van der Waals surface area contributed by atoms with Crippen molar-refractivity contribution in [3.63, 3.8) is 0 Å². The first-order chi connectivity index (χ1) is 8.13. The van der Waals surface area contributed by atoms with Gasteiger partial charge in [-0.05, 0) is 43.5 Å². The zero-order valence-corrected chi connectivity index (χ0v) is 9.63. The van der Waals surface area contributed by atoms with Crippen LogP contribution in [0.2, 0.25) is 0 Å². The Hall–Kier alpha value is -1.00. The van der Waals surface area contributed by atoms with Gasteiger partial charge >= 0.3 is 0 Å². The van der Waals surface area contributed by atoms with Crippen molar-refractivity contribution in [2.24, 2.45) is 5.73 Å². The predicted octanol–water partition coefficient (Wildman–Crippen LogP) is 1.99. The van der Waals surface area contributed by atoms with E-state index in [1.165, 1.54) is 25.0 Å². The molecule has 0 unspecified atom stereocenters. The Labute approximate surface area is 100 Å². The Kier molecular flexibility index (Phi) is 4.07. The van der Waals surface area contributed by atoms with Gasteiger partial charge in [0.2, 0.25) is 0 Å². The van der Waals surface area contributed by atoms with Gasteiger partial charge in [-0.1, -0.05) is 0 Å². The topological polar surface area (TPSA) is 38.0 Å². The quantitative estimate of drug-likeness (QED) is 0.796. The maximum absolute atomic E-state index is 12.9. The molecule has 93 valence electrons. The van der Waals surface area contributed by atoms with E-state index in [2.05, 4.69) is 5.32 Å². The molecule has 4 heteroatoms. The van der Waals surface area contributed by atoms with Crippen molar-refractivity contribution < 1.29 is 8.78 Å².